The maximum absolute atomic E-state index is 11.8. The van der Waals surface area contributed by atoms with E-state index in [2.05, 4.69) is 27.5 Å². The van der Waals surface area contributed by atoms with Gasteiger partial charge in [0.05, 0.1) is 4.88 Å². The summed E-state index contributed by atoms with van der Waals surface area (Å²) in [5.74, 6) is 0.138. The second-order valence-corrected chi connectivity index (χ2v) is 7.35. The number of anilines is 3. The van der Waals surface area contributed by atoms with Gasteiger partial charge in [0.25, 0.3) is 5.91 Å². The quantitative estimate of drug-likeness (QED) is 0.368. The topological polar surface area (TPSA) is 109 Å². The number of nitrogens with zero attached hydrogens (tertiary/aromatic N) is 1. The highest BCUT2D eigenvalue weighted by molar-refractivity contribution is 7.20. The smallest absolute Gasteiger partial charge is 0.261 e. The normalized spacial score (nSPS) is 10.8. The first-order valence-electron chi connectivity index (χ1n) is 8.79. The van der Waals surface area contributed by atoms with Crippen LogP contribution in [0.5, 0.6) is 0 Å². The van der Waals surface area contributed by atoms with Gasteiger partial charge >= 0.3 is 0 Å². The highest BCUT2D eigenvalue weighted by atomic mass is 32.1. The fourth-order valence-corrected chi connectivity index (χ4v) is 3.75. The predicted octanol–water partition coefficient (Wildman–Crippen LogP) is 3.80. The summed E-state index contributed by atoms with van der Waals surface area (Å²) in [5, 5.41) is 9.23. The van der Waals surface area contributed by atoms with Crippen LogP contribution in [-0.4, -0.2) is 25.1 Å². The summed E-state index contributed by atoms with van der Waals surface area (Å²) in [5.41, 5.74) is 8.98. The molecule has 0 fully saturated rings. The van der Waals surface area contributed by atoms with E-state index < -0.39 is 0 Å². The van der Waals surface area contributed by atoms with Crippen molar-refractivity contribution in [3.63, 3.8) is 0 Å². The van der Waals surface area contributed by atoms with Crippen LogP contribution in [0.1, 0.15) is 22.2 Å². The minimum absolute atomic E-state index is 0.139. The maximum Gasteiger partial charge on any atom is 0.261 e. The maximum atomic E-state index is 11.8. The minimum atomic E-state index is -0.141. The van der Waals surface area contributed by atoms with Gasteiger partial charge in [0.15, 0.2) is 0 Å². The second kappa shape index (κ2) is 8.57. The van der Waals surface area contributed by atoms with Crippen LogP contribution in [0.3, 0.4) is 0 Å². The number of amides is 2. The molecule has 7 nitrogen and oxygen atoms in total. The van der Waals surface area contributed by atoms with Crippen LogP contribution in [0.4, 0.5) is 17.1 Å². The Morgan fingerprint density at radius 2 is 1.86 bits per heavy atom. The van der Waals surface area contributed by atoms with E-state index in [0.29, 0.717) is 22.1 Å². The Morgan fingerprint density at radius 3 is 2.55 bits per heavy atom. The number of fused-ring (bicyclic) bond motifs is 1. The minimum Gasteiger partial charge on any atom is -0.398 e. The lowest BCUT2D eigenvalue weighted by Crippen LogP contribution is -2.15. The number of benzene rings is 2. The molecule has 0 bridgehead atoms. The zero-order chi connectivity index (χ0) is 21.0. The van der Waals surface area contributed by atoms with Crippen molar-refractivity contribution in [2.45, 2.75) is 6.92 Å². The average molecular weight is 407 g/mol. The van der Waals surface area contributed by atoms with Crippen molar-refractivity contribution in [3.8, 4) is 0 Å². The summed E-state index contributed by atoms with van der Waals surface area (Å²) < 4.78 is 0.935. The van der Waals surface area contributed by atoms with Crippen LogP contribution in [0.15, 0.2) is 59.9 Å². The van der Waals surface area contributed by atoms with Gasteiger partial charge in [-0.3, -0.25) is 9.59 Å². The summed E-state index contributed by atoms with van der Waals surface area (Å²) in [7, 11) is 1.60. The first kappa shape index (κ1) is 20.1. The third kappa shape index (κ3) is 4.80. The number of nitrogens with one attached hydrogen (secondary N) is 3. The molecule has 148 valence electrons. The molecule has 8 heteroatoms. The molecule has 0 saturated carbocycles. The monoisotopic (exact) mass is 407 g/mol. The molecule has 0 aliphatic heterocycles. The molecular weight excluding hydrogens is 386 g/mol. The van der Waals surface area contributed by atoms with Crippen molar-refractivity contribution in [2.75, 3.05) is 23.4 Å². The van der Waals surface area contributed by atoms with Gasteiger partial charge in [-0.15, -0.1) is 11.3 Å². The van der Waals surface area contributed by atoms with Crippen LogP contribution in [0, 0.1) is 0 Å². The van der Waals surface area contributed by atoms with Crippen LogP contribution >= 0.6 is 11.3 Å². The van der Waals surface area contributed by atoms with Gasteiger partial charge in [0.2, 0.25) is 5.91 Å². The number of nitrogen functional groups attached to an aromatic ring is 1. The second-order valence-electron chi connectivity index (χ2n) is 6.26. The summed E-state index contributed by atoms with van der Waals surface area (Å²) in [6.07, 6.45) is 1.62. The van der Waals surface area contributed by atoms with Gasteiger partial charge in [0, 0.05) is 52.9 Å². The van der Waals surface area contributed by atoms with Gasteiger partial charge in [-0.2, -0.15) is 0 Å². The van der Waals surface area contributed by atoms with Gasteiger partial charge in [-0.05, 0) is 36.4 Å². The van der Waals surface area contributed by atoms with Crippen LogP contribution in [0.25, 0.3) is 10.1 Å². The SMILES string of the molecule is C=C(/N=C\c1ccc2sc(C(=O)NC)cc2c1N)Nc1cccc(NC(C)=O)c1. The van der Waals surface area contributed by atoms with E-state index in [0.717, 1.165) is 21.3 Å². The number of aliphatic imine (C=N–C) groups is 1. The van der Waals surface area contributed by atoms with E-state index in [9.17, 15) is 9.59 Å². The van der Waals surface area contributed by atoms with E-state index in [1.54, 1.807) is 31.5 Å². The fraction of sp³-hybridized carbons (Fsp3) is 0.0952. The third-order valence-electron chi connectivity index (χ3n) is 4.06. The van der Waals surface area contributed by atoms with Crippen LogP contribution in [-0.2, 0) is 4.79 Å². The molecule has 3 rings (SSSR count). The number of carbonyl (C=O) groups excluding carboxylic acids is 2. The fourth-order valence-electron chi connectivity index (χ4n) is 2.72. The largest absolute Gasteiger partial charge is 0.398 e. The molecule has 3 aromatic rings. The lowest BCUT2D eigenvalue weighted by molar-refractivity contribution is -0.114. The molecule has 0 aliphatic rings. The van der Waals surface area contributed by atoms with Crippen molar-refractivity contribution in [1.82, 2.24) is 5.32 Å². The third-order valence-corrected chi connectivity index (χ3v) is 5.16. The summed E-state index contributed by atoms with van der Waals surface area (Å²) in [6.45, 7) is 5.35. The van der Waals surface area contributed by atoms with Gasteiger partial charge in [-0.1, -0.05) is 12.6 Å². The molecule has 0 atom stereocenters. The van der Waals surface area contributed by atoms with Crippen LogP contribution in [0.2, 0.25) is 0 Å². The van der Waals surface area contributed by atoms with Crippen molar-refractivity contribution in [3.05, 3.63) is 65.3 Å². The summed E-state index contributed by atoms with van der Waals surface area (Å²) in [4.78, 5) is 28.0. The molecule has 0 unspecified atom stereocenters. The molecule has 5 N–H and O–H groups in total. The lowest BCUT2D eigenvalue weighted by atomic mass is 10.1. The Hall–Kier alpha value is -3.65. The molecule has 0 saturated heterocycles. The molecule has 0 spiro atoms. The number of thiophene rings is 1. The zero-order valence-electron chi connectivity index (χ0n) is 16.1. The zero-order valence-corrected chi connectivity index (χ0v) is 16.9. The number of carbonyl (C=O) groups is 2. The predicted molar refractivity (Wildman–Crippen MR) is 121 cm³/mol. The van der Waals surface area contributed by atoms with Gasteiger partial charge in [0.1, 0.15) is 5.82 Å². The number of hydrogen-bond donors (Lipinski definition) is 4. The van der Waals surface area contributed by atoms with E-state index in [-0.39, 0.29) is 11.8 Å². The highest BCUT2D eigenvalue weighted by Gasteiger charge is 2.12. The highest BCUT2D eigenvalue weighted by Crippen LogP contribution is 2.31. The first-order valence-corrected chi connectivity index (χ1v) is 9.61. The molecule has 29 heavy (non-hydrogen) atoms. The molecule has 1 heterocycles. The van der Waals surface area contributed by atoms with Crippen molar-refractivity contribution in [2.24, 2.45) is 4.99 Å². The Labute approximate surface area is 172 Å². The lowest BCUT2D eigenvalue weighted by Gasteiger charge is -2.08. The Balaban J connectivity index is 1.76. The number of rotatable bonds is 6. The number of hydrogen-bond acceptors (Lipinski definition) is 6. The van der Waals surface area contributed by atoms with Gasteiger partial charge in [-0.25, -0.2) is 4.99 Å². The van der Waals surface area contributed by atoms with E-state index in [4.69, 9.17) is 5.73 Å². The van der Waals surface area contributed by atoms with E-state index >= 15 is 0 Å². The molecular formula is C21H21N5O2S. The Morgan fingerprint density at radius 1 is 1.14 bits per heavy atom. The Kier molecular flexibility index (Phi) is 5.94. The summed E-state index contributed by atoms with van der Waals surface area (Å²) >= 11 is 1.39. The molecule has 1 aromatic heterocycles. The molecule has 0 aliphatic carbocycles. The Bertz CT molecular complexity index is 1130. The molecule has 2 aromatic carbocycles. The van der Waals surface area contributed by atoms with Crippen molar-refractivity contribution in [1.29, 1.82) is 0 Å². The average Bonchev–Trinajstić information content (AvgIpc) is 3.12. The van der Waals surface area contributed by atoms with Gasteiger partial charge < -0.3 is 21.7 Å². The van der Waals surface area contributed by atoms with Crippen molar-refractivity contribution >= 4 is 56.5 Å². The first-order chi connectivity index (χ1) is 13.9. The van der Waals surface area contributed by atoms with E-state index in [1.807, 2.05) is 24.3 Å². The standard InChI is InChI=1S/C21H21N5O2S/c1-12(25-15-5-4-6-16(9-15)26-13(2)27)24-11-14-7-8-18-17(20(14)22)10-19(29-18)21(28)23-3/h4-11,25H,1,22H2,2-3H3,(H,23,28)(H,26,27)/b24-11-. The van der Waals surface area contributed by atoms with E-state index in [1.165, 1.54) is 18.3 Å². The number of nitrogens with two attached hydrogens (primary N) is 1. The molecule has 2 amide bonds. The molecule has 0 radical (unpaired) electrons. The summed E-state index contributed by atoms with van der Waals surface area (Å²) in [6, 6.07) is 12.8. The van der Waals surface area contributed by atoms with Crippen LogP contribution < -0.4 is 21.7 Å². The van der Waals surface area contributed by atoms with Crippen molar-refractivity contribution < 1.29 is 9.59 Å².